The van der Waals surface area contributed by atoms with Crippen molar-refractivity contribution in [1.29, 1.82) is 0 Å². The Bertz CT molecular complexity index is 417. The van der Waals surface area contributed by atoms with Crippen LogP contribution >= 0.6 is 0 Å². The maximum Gasteiger partial charge on any atom is 0.186 e. The van der Waals surface area contributed by atoms with Gasteiger partial charge < -0.3 is 0 Å². The van der Waals surface area contributed by atoms with Crippen molar-refractivity contribution in [2.24, 2.45) is 10.8 Å². The molecule has 0 aromatic carbocycles. The SMILES string of the molecule is CC(C)(C)C=C(C(=O)C(C)(C)C)n1cncn1. The molecule has 1 aromatic rings. The summed E-state index contributed by atoms with van der Waals surface area (Å²) in [6.45, 7) is 11.9. The monoisotopic (exact) mass is 235 g/mol. The molecule has 0 aliphatic rings. The molecule has 0 saturated heterocycles. The van der Waals surface area contributed by atoms with Crippen molar-refractivity contribution in [3.63, 3.8) is 0 Å². The van der Waals surface area contributed by atoms with E-state index in [2.05, 4.69) is 30.9 Å². The first-order valence-corrected chi connectivity index (χ1v) is 5.74. The zero-order valence-corrected chi connectivity index (χ0v) is 11.5. The largest absolute Gasteiger partial charge is 0.292 e. The Morgan fingerprint density at radius 2 is 1.76 bits per heavy atom. The van der Waals surface area contributed by atoms with Crippen LogP contribution in [0.5, 0.6) is 0 Å². The van der Waals surface area contributed by atoms with Crippen LogP contribution in [0.1, 0.15) is 41.5 Å². The number of hydrogen-bond donors (Lipinski definition) is 0. The fraction of sp³-hybridized carbons (Fsp3) is 0.615. The van der Waals surface area contributed by atoms with Gasteiger partial charge in [-0.25, -0.2) is 9.67 Å². The fourth-order valence-corrected chi connectivity index (χ4v) is 1.36. The Balaban J connectivity index is 3.23. The molecule has 1 heterocycles. The van der Waals surface area contributed by atoms with Crippen LogP contribution in [-0.4, -0.2) is 20.5 Å². The van der Waals surface area contributed by atoms with Gasteiger partial charge in [-0.2, -0.15) is 5.10 Å². The molecular weight excluding hydrogens is 214 g/mol. The fourth-order valence-electron chi connectivity index (χ4n) is 1.36. The summed E-state index contributed by atoms with van der Waals surface area (Å²) in [6.07, 6.45) is 4.93. The lowest BCUT2D eigenvalue weighted by Crippen LogP contribution is -2.25. The number of rotatable bonds is 2. The molecule has 0 saturated carbocycles. The number of carbonyl (C=O) groups excluding carboxylic acids is 1. The minimum Gasteiger partial charge on any atom is -0.292 e. The molecular formula is C13H21N3O. The number of ketones is 1. The molecule has 0 bridgehead atoms. The van der Waals surface area contributed by atoms with Crippen LogP contribution in [0.2, 0.25) is 0 Å². The van der Waals surface area contributed by atoms with E-state index in [0.717, 1.165) is 0 Å². The third-order valence-corrected chi connectivity index (χ3v) is 2.15. The lowest BCUT2D eigenvalue weighted by molar-refractivity contribution is -0.120. The highest BCUT2D eigenvalue weighted by molar-refractivity contribution is 6.17. The topological polar surface area (TPSA) is 47.8 Å². The van der Waals surface area contributed by atoms with Crippen molar-refractivity contribution in [3.8, 4) is 0 Å². The van der Waals surface area contributed by atoms with Gasteiger partial charge in [0.1, 0.15) is 18.4 Å². The van der Waals surface area contributed by atoms with Crippen LogP contribution in [0.15, 0.2) is 18.7 Å². The molecule has 4 heteroatoms. The van der Waals surface area contributed by atoms with Gasteiger partial charge in [-0.15, -0.1) is 0 Å². The van der Waals surface area contributed by atoms with Crippen LogP contribution in [0.4, 0.5) is 0 Å². The van der Waals surface area contributed by atoms with Gasteiger partial charge in [0.05, 0.1) is 0 Å². The zero-order valence-electron chi connectivity index (χ0n) is 11.5. The van der Waals surface area contributed by atoms with Crippen LogP contribution in [0.25, 0.3) is 5.70 Å². The van der Waals surface area contributed by atoms with Crippen molar-refractivity contribution < 1.29 is 4.79 Å². The van der Waals surface area contributed by atoms with Crippen LogP contribution < -0.4 is 0 Å². The third kappa shape index (κ3) is 3.80. The molecule has 1 aromatic heterocycles. The second kappa shape index (κ2) is 4.43. The Labute approximate surface area is 103 Å². The van der Waals surface area contributed by atoms with E-state index in [1.165, 1.54) is 6.33 Å². The number of allylic oxidation sites excluding steroid dienone is 2. The van der Waals surface area contributed by atoms with Crippen molar-refractivity contribution in [2.45, 2.75) is 41.5 Å². The second-order valence-corrected chi connectivity index (χ2v) is 6.31. The number of carbonyl (C=O) groups is 1. The average molecular weight is 235 g/mol. The Hall–Kier alpha value is -1.45. The van der Waals surface area contributed by atoms with Crippen LogP contribution in [0.3, 0.4) is 0 Å². The van der Waals surface area contributed by atoms with E-state index in [9.17, 15) is 4.79 Å². The minimum atomic E-state index is -0.428. The second-order valence-electron chi connectivity index (χ2n) is 6.31. The van der Waals surface area contributed by atoms with Gasteiger partial charge in [0.15, 0.2) is 5.78 Å². The highest BCUT2D eigenvalue weighted by atomic mass is 16.1. The van der Waals surface area contributed by atoms with Gasteiger partial charge in [0.25, 0.3) is 0 Å². The summed E-state index contributed by atoms with van der Waals surface area (Å²) in [5.41, 5.74) is 0.0769. The molecule has 0 radical (unpaired) electrons. The number of Topliss-reactive ketones (excluding diaryl/α,β-unsaturated/α-hetero) is 1. The van der Waals surface area contributed by atoms with Gasteiger partial charge >= 0.3 is 0 Å². The molecule has 1 rings (SSSR count). The van der Waals surface area contributed by atoms with E-state index in [0.29, 0.717) is 5.70 Å². The molecule has 0 amide bonds. The van der Waals surface area contributed by atoms with Gasteiger partial charge in [-0.05, 0) is 11.5 Å². The minimum absolute atomic E-state index is 0.0675. The van der Waals surface area contributed by atoms with E-state index in [-0.39, 0.29) is 11.2 Å². The summed E-state index contributed by atoms with van der Waals surface area (Å²) in [5, 5.41) is 4.05. The number of nitrogens with zero attached hydrogens (tertiary/aromatic N) is 3. The van der Waals surface area contributed by atoms with Crippen molar-refractivity contribution in [2.75, 3.05) is 0 Å². The van der Waals surface area contributed by atoms with E-state index < -0.39 is 5.41 Å². The summed E-state index contributed by atoms with van der Waals surface area (Å²) in [4.78, 5) is 16.3. The summed E-state index contributed by atoms with van der Waals surface area (Å²) < 4.78 is 1.54. The standard InChI is InChI=1S/C13H21N3O/c1-12(2,3)7-10(11(17)13(4,5)6)16-9-14-8-15-16/h7-9H,1-6H3. The van der Waals surface area contributed by atoms with E-state index in [4.69, 9.17) is 0 Å². The van der Waals surface area contributed by atoms with Gasteiger partial charge in [-0.1, -0.05) is 41.5 Å². The predicted molar refractivity (Wildman–Crippen MR) is 68.2 cm³/mol. The Morgan fingerprint density at radius 1 is 1.18 bits per heavy atom. The molecule has 0 spiro atoms. The Morgan fingerprint density at radius 3 is 2.12 bits per heavy atom. The lowest BCUT2D eigenvalue weighted by Gasteiger charge is -2.21. The van der Waals surface area contributed by atoms with E-state index in [1.807, 2.05) is 26.8 Å². The first-order valence-electron chi connectivity index (χ1n) is 5.74. The molecule has 0 atom stereocenters. The highest BCUT2D eigenvalue weighted by Crippen LogP contribution is 2.26. The molecule has 0 fully saturated rings. The maximum absolute atomic E-state index is 12.4. The zero-order chi connectivity index (χ0) is 13.3. The number of hydrogen-bond acceptors (Lipinski definition) is 3. The highest BCUT2D eigenvalue weighted by Gasteiger charge is 2.27. The van der Waals surface area contributed by atoms with E-state index >= 15 is 0 Å². The Kier molecular flexibility index (Phi) is 3.55. The molecule has 0 unspecified atom stereocenters. The van der Waals surface area contributed by atoms with Crippen molar-refractivity contribution >= 4 is 11.5 Å². The lowest BCUT2D eigenvalue weighted by atomic mass is 9.86. The third-order valence-electron chi connectivity index (χ3n) is 2.15. The summed E-state index contributed by atoms with van der Waals surface area (Å²) >= 11 is 0. The summed E-state index contributed by atoms with van der Waals surface area (Å²) in [6, 6.07) is 0. The molecule has 0 aliphatic carbocycles. The molecule has 94 valence electrons. The quantitative estimate of drug-likeness (QED) is 0.740. The van der Waals surface area contributed by atoms with E-state index in [1.54, 1.807) is 11.0 Å². The molecule has 4 nitrogen and oxygen atoms in total. The van der Waals surface area contributed by atoms with Gasteiger partial charge in [0.2, 0.25) is 0 Å². The number of aromatic nitrogens is 3. The molecule has 0 N–H and O–H groups in total. The van der Waals surface area contributed by atoms with Gasteiger partial charge in [-0.3, -0.25) is 4.79 Å². The molecule has 17 heavy (non-hydrogen) atoms. The van der Waals surface area contributed by atoms with Crippen molar-refractivity contribution in [3.05, 3.63) is 18.7 Å². The maximum atomic E-state index is 12.4. The normalized spacial score (nSPS) is 13.9. The average Bonchev–Trinajstić information content (AvgIpc) is 2.62. The summed E-state index contributed by atoms with van der Waals surface area (Å²) in [5.74, 6) is 0.0675. The van der Waals surface area contributed by atoms with Crippen LogP contribution in [0, 0.1) is 10.8 Å². The van der Waals surface area contributed by atoms with Crippen molar-refractivity contribution in [1.82, 2.24) is 14.8 Å². The molecule has 0 aliphatic heterocycles. The first kappa shape index (κ1) is 13.6. The first-order chi connectivity index (χ1) is 7.61. The smallest absolute Gasteiger partial charge is 0.186 e. The van der Waals surface area contributed by atoms with Gasteiger partial charge in [0, 0.05) is 5.41 Å². The van der Waals surface area contributed by atoms with Crippen LogP contribution in [-0.2, 0) is 4.79 Å². The predicted octanol–water partition coefficient (Wildman–Crippen LogP) is 2.78. The summed E-state index contributed by atoms with van der Waals surface area (Å²) in [7, 11) is 0.